The van der Waals surface area contributed by atoms with Gasteiger partial charge in [0.1, 0.15) is 5.69 Å². The average Bonchev–Trinajstić information content (AvgIpc) is 3.53. The monoisotopic (exact) mass is 473 g/mol. The van der Waals surface area contributed by atoms with Crippen molar-refractivity contribution < 1.29 is 28.2 Å². The number of benzene rings is 1. The molecule has 7 nitrogen and oxygen atoms in total. The van der Waals surface area contributed by atoms with Crippen molar-refractivity contribution in [2.75, 3.05) is 25.0 Å². The second-order valence-corrected chi connectivity index (χ2v) is 9.69. The Morgan fingerprint density at radius 2 is 1.85 bits per heavy atom. The summed E-state index contributed by atoms with van der Waals surface area (Å²) in [6.45, 7) is 3.71. The zero-order valence-corrected chi connectivity index (χ0v) is 19.5. The van der Waals surface area contributed by atoms with Gasteiger partial charge in [0.05, 0.1) is 10.8 Å². The van der Waals surface area contributed by atoms with Crippen LogP contribution in [0, 0.1) is 12.3 Å². The molecule has 2 aromatic rings. The second-order valence-electron chi connectivity index (χ2n) is 9.69. The molecule has 1 aromatic heterocycles. The lowest BCUT2D eigenvalue weighted by molar-refractivity contribution is -0.145. The van der Waals surface area contributed by atoms with Gasteiger partial charge in [0, 0.05) is 25.3 Å². The SMILES string of the molecule is Cc1ccc(NC(=O)C2(c3ccccc3C(C)C)CN(CC3(C(=O)O)CC3)C2)c(OC(F)F)n1. The topological polar surface area (TPSA) is 91.8 Å². The number of carbonyl (C=O) groups excluding carboxylic acids is 1. The van der Waals surface area contributed by atoms with E-state index in [1.807, 2.05) is 43.0 Å². The smallest absolute Gasteiger partial charge is 0.388 e. The molecular formula is C25H29F2N3O4. The van der Waals surface area contributed by atoms with Crippen LogP contribution in [0.4, 0.5) is 14.5 Å². The van der Waals surface area contributed by atoms with E-state index in [0.717, 1.165) is 11.1 Å². The van der Waals surface area contributed by atoms with E-state index >= 15 is 0 Å². The number of ether oxygens (including phenoxy) is 1. The summed E-state index contributed by atoms with van der Waals surface area (Å²) in [6, 6.07) is 10.8. The Labute approximate surface area is 197 Å². The number of aliphatic carboxylic acids is 1. The summed E-state index contributed by atoms with van der Waals surface area (Å²) in [5, 5.41) is 12.3. The highest BCUT2D eigenvalue weighted by Crippen LogP contribution is 2.49. The predicted molar refractivity (Wildman–Crippen MR) is 122 cm³/mol. The number of halogens is 2. The largest absolute Gasteiger partial charge is 0.481 e. The number of aryl methyl sites for hydroxylation is 1. The molecule has 0 bridgehead atoms. The van der Waals surface area contributed by atoms with Gasteiger partial charge in [-0.25, -0.2) is 4.98 Å². The van der Waals surface area contributed by atoms with Gasteiger partial charge in [0.2, 0.25) is 11.8 Å². The molecule has 2 fully saturated rings. The van der Waals surface area contributed by atoms with Gasteiger partial charge in [-0.15, -0.1) is 0 Å². The molecule has 2 N–H and O–H groups in total. The average molecular weight is 474 g/mol. The van der Waals surface area contributed by atoms with Crippen molar-refractivity contribution in [1.29, 1.82) is 0 Å². The summed E-state index contributed by atoms with van der Waals surface area (Å²) in [4.78, 5) is 31.4. The van der Waals surface area contributed by atoms with Crippen molar-refractivity contribution in [3.8, 4) is 5.88 Å². The van der Waals surface area contributed by atoms with Crippen molar-refractivity contribution >= 4 is 17.6 Å². The van der Waals surface area contributed by atoms with Gasteiger partial charge in [-0.3, -0.25) is 14.5 Å². The number of nitrogens with zero attached hydrogens (tertiary/aromatic N) is 2. The third-order valence-electron chi connectivity index (χ3n) is 6.80. The Bertz CT molecular complexity index is 1100. The van der Waals surface area contributed by atoms with Crippen molar-refractivity contribution in [2.45, 2.75) is 51.6 Å². The van der Waals surface area contributed by atoms with Crippen LogP contribution < -0.4 is 10.1 Å². The van der Waals surface area contributed by atoms with Crippen LogP contribution in [0.25, 0.3) is 0 Å². The fourth-order valence-corrected chi connectivity index (χ4v) is 4.76. The van der Waals surface area contributed by atoms with Gasteiger partial charge in [0.25, 0.3) is 0 Å². The highest BCUT2D eigenvalue weighted by atomic mass is 19.3. The number of nitrogens with one attached hydrogen (secondary N) is 1. The molecule has 1 aromatic carbocycles. The Morgan fingerprint density at radius 3 is 2.44 bits per heavy atom. The summed E-state index contributed by atoms with van der Waals surface area (Å²) < 4.78 is 30.4. The van der Waals surface area contributed by atoms with Crippen molar-refractivity contribution in [1.82, 2.24) is 9.88 Å². The van der Waals surface area contributed by atoms with E-state index in [2.05, 4.69) is 15.0 Å². The maximum Gasteiger partial charge on any atom is 0.388 e. The van der Waals surface area contributed by atoms with Gasteiger partial charge in [-0.1, -0.05) is 38.1 Å². The van der Waals surface area contributed by atoms with E-state index < -0.39 is 23.4 Å². The number of aromatic nitrogens is 1. The lowest BCUT2D eigenvalue weighted by Crippen LogP contribution is -2.66. The molecule has 1 saturated carbocycles. The van der Waals surface area contributed by atoms with Gasteiger partial charge >= 0.3 is 12.6 Å². The zero-order valence-electron chi connectivity index (χ0n) is 19.5. The summed E-state index contributed by atoms with van der Waals surface area (Å²) in [6.07, 6.45) is 1.26. The van der Waals surface area contributed by atoms with E-state index in [9.17, 15) is 23.5 Å². The van der Waals surface area contributed by atoms with E-state index in [0.29, 0.717) is 38.2 Å². The first-order valence-electron chi connectivity index (χ1n) is 11.4. The molecule has 34 heavy (non-hydrogen) atoms. The standard InChI is InChI=1S/C25H29F2N3O4/c1-15(2)17-6-4-5-7-18(17)25(13-30(14-25)12-24(10-11-24)22(32)33)21(31)29-19-9-8-16(3)28-20(19)34-23(26)27/h4-9,15,23H,10-14H2,1-3H3,(H,29,31)(H,32,33). The minimum atomic E-state index is -3.08. The molecule has 2 aliphatic rings. The first-order valence-corrected chi connectivity index (χ1v) is 11.4. The molecule has 1 aliphatic heterocycles. The highest BCUT2D eigenvalue weighted by molar-refractivity contribution is 6.01. The number of pyridine rings is 1. The molecule has 0 atom stereocenters. The highest BCUT2D eigenvalue weighted by Gasteiger charge is 2.57. The van der Waals surface area contributed by atoms with E-state index in [1.165, 1.54) is 6.07 Å². The third kappa shape index (κ3) is 4.49. The van der Waals surface area contributed by atoms with Crippen molar-refractivity contribution in [3.63, 3.8) is 0 Å². The number of carbonyl (C=O) groups is 2. The normalized spacial score (nSPS) is 18.4. The van der Waals surface area contributed by atoms with E-state index in [1.54, 1.807) is 13.0 Å². The van der Waals surface area contributed by atoms with Gasteiger partial charge in [-0.2, -0.15) is 8.78 Å². The molecule has 1 amide bonds. The van der Waals surface area contributed by atoms with Crippen LogP contribution in [-0.4, -0.2) is 53.1 Å². The molecule has 2 heterocycles. The number of amides is 1. The molecule has 0 radical (unpaired) electrons. The maximum absolute atomic E-state index is 13.8. The number of hydrogen-bond acceptors (Lipinski definition) is 5. The number of alkyl halides is 2. The van der Waals surface area contributed by atoms with Crippen LogP contribution >= 0.6 is 0 Å². The molecule has 0 unspecified atom stereocenters. The zero-order chi connectivity index (χ0) is 24.7. The second kappa shape index (κ2) is 8.94. The first kappa shape index (κ1) is 24.1. The molecule has 9 heteroatoms. The molecule has 4 rings (SSSR count). The number of carboxylic acid groups (broad SMARTS) is 1. The van der Waals surface area contributed by atoms with Crippen LogP contribution in [0.15, 0.2) is 36.4 Å². The van der Waals surface area contributed by atoms with Crippen LogP contribution in [0.5, 0.6) is 5.88 Å². The fourth-order valence-electron chi connectivity index (χ4n) is 4.76. The summed E-state index contributed by atoms with van der Waals surface area (Å²) in [7, 11) is 0. The van der Waals surface area contributed by atoms with Crippen LogP contribution in [0.1, 0.15) is 49.4 Å². The minimum Gasteiger partial charge on any atom is -0.481 e. The first-order chi connectivity index (χ1) is 16.1. The Balaban J connectivity index is 1.65. The lowest BCUT2D eigenvalue weighted by Gasteiger charge is -2.51. The number of hydrogen-bond donors (Lipinski definition) is 2. The quantitative estimate of drug-likeness (QED) is 0.568. The lowest BCUT2D eigenvalue weighted by atomic mass is 9.69. The summed E-state index contributed by atoms with van der Waals surface area (Å²) in [5.41, 5.74) is 0.728. The van der Waals surface area contributed by atoms with Crippen LogP contribution in [0.2, 0.25) is 0 Å². The molecule has 1 saturated heterocycles. The Hall–Kier alpha value is -3.07. The summed E-state index contributed by atoms with van der Waals surface area (Å²) in [5.74, 6) is -1.35. The van der Waals surface area contributed by atoms with Gasteiger partial charge in [0.15, 0.2) is 0 Å². The van der Waals surface area contributed by atoms with Gasteiger partial charge in [-0.05, 0) is 48.9 Å². The van der Waals surface area contributed by atoms with Gasteiger partial charge < -0.3 is 15.2 Å². The van der Waals surface area contributed by atoms with Crippen LogP contribution in [-0.2, 0) is 15.0 Å². The number of likely N-dealkylation sites (tertiary alicyclic amines) is 1. The van der Waals surface area contributed by atoms with Crippen molar-refractivity contribution in [2.24, 2.45) is 5.41 Å². The van der Waals surface area contributed by atoms with Crippen LogP contribution in [0.3, 0.4) is 0 Å². The van der Waals surface area contributed by atoms with Crippen molar-refractivity contribution in [3.05, 3.63) is 53.2 Å². The summed E-state index contributed by atoms with van der Waals surface area (Å²) >= 11 is 0. The minimum absolute atomic E-state index is 0.0694. The van der Waals surface area contributed by atoms with E-state index in [4.69, 9.17) is 0 Å². The van der Waals surface area contributed by atoms with E-state index in [-0.39, 0.29) is 23.4 Å². The fraction of sp³-hybridized carbons (Fsp3) is 0.480. The maximum atomic E-state index is 13.8. The number of carboxylic acids is 1. The molecule has 182 valence electrons. The number of anilines is 1. The molecular weight excluding hydrogens is 444 g/mol. The third-order valence-corrected chi connectivity index (χ3v) is 6.80. The number of rotatable bonds is 9. The molecule has 0 spiro atoms. The Morgan fingerprint density at radius 1 is 1.18 bits per heavy atom. The molecule has 1 aliphatic carbocycles. The predicted octanol–water partition coefficient (Wildman–Crippen LogP) is 4.17. The Kier molecular flexibility index (Phi) is 6.33.